The molecule has 0 aromatic heterocycles. The minimum atomic E-state index is -0.621. The quantitative estimate of drug-likeness (QED) is 0.846. The molecule has 0 saturated carbocycles. The number of cyclic esters (lactones) is 1. The van der Waals surface area contributed by atoms with Crippen molar-refractivity contribution in [3.63, 3.8) is 0 Å². The van der Waals surface area contributed by atoms with Gasteiger partial charge in [-0.2, -0.15) is 0 Å². The molecule has 0 radical (unpaired) electrons. The minimum Gasteiger partial charge on any atom is -0.443 e. The fourth-order valence-corrected chi connectivity index (χ4v) is 2.83. The van der Waals surface area contributed by atoms with Gasteiger partial charge < -0.3 is 9.47 Å². The molecule has 2 amide bonds. The molecule has 3 rings (SSSR count). The topological polar surface area (TPSA) is 55.8 Å². The van der Waals surface area contributed by atoms with E-state index >= 15 is 0 Å². The molecule has 1 aliphatic heterocycles. The largest absolute Gasteiger partial charge is 0.443 e. The summed E-state index contributed by atoms with van der Waals surface area (Å²) in [4.78, 5) is 25.7. The molecule has 0 unspecified atom stereocenters. The van der Waals surface area contributed by atoms with Gasteiger partial charge in [0.25, 0.3) is 5.91 Å². The highest BCUT2D eigenvalue weighted by atomic mass is 16.6. The monoisotopic (exact) mass is 325 g/mol. The van der Waals surface area contributed by atoms with Crippen LogP contribution in [0.1, 0.15) is 24.1 Å². The van der Waals surface area contributed by atoms with Crippen molar-refractivity contribution >= 4 is 12.0 Å². The molecule has 24 heavy (non-hydrogen) atoms. The van der Waals surface area contributed by atoms with Crippen LogP contribution in [0.15, 0.2) is 60.7 Å². The predicted molar refractivity (Wildman–Crippen MR) is 88.1 cm³/mol. The molecule has 124 valence electrons. The van der Waals surface area contributed by atoms with E-state index in [2.05, 4.69) is 0 Å². The van der Waals surface area contributed by atoms with Gasteiger partial charge in [-0.05, 0) is 18.1 Å². The van der Waals surface area contributed by atoms with Crippen molar-refractivity contribution in [2.24, 2.45) is 0 Å². The lowest BCUT2D eigenvalue weighted by Crippen LogP contribution is -2.37. The first-order valence-corrected chi connectivity index (χ1v) is 7.86. The van der Waals surface area contributed by atoms with Crippen LogP contribution in [0.2, 0.25) is 0 Å². The maximum absolute atomic E-state index is 12.5. The van der Waals surface area contributed by atoms with Gasteiger partial charge in [0.05, 0.1) is 6.61 Å². The van der Waals surface area contributed by atoms with Crippen LogP contribution in [-0.2, 0) is 20.9 Å². The Hall–Kier alpha value is -2.66. The third-order valence-electron chi connectivity index (χ3n) is 3.95. The Bertz CT molecular complexity index is 702. The fraction of sp³-hybridized carbons (Fsp3) is 0.263. The van der Waals surface area contributed by atoms with Crippen molar-refractivity contribution in [1.82, 2.24) is 4.90 Å². The molecule has 1 fully saturated rings. The molecule has 0 aliphatic carbocycles. The molecule has 1 saturated heterocycles. The van der Waals surface area contributed by atoms with Gasteiger partial charge in [-0.1, -0.05) is 60.7 Å². The highest BCUT2D eigenvalue weighted by molar-refractivity contribution is 5.94. The predicted octanol–water partition coefficient (Wildman–Crippen LogP) is 3.31. The Labute approximate surface area is 140 Å². The van der Waals surface area contributed by atoms with Crippen LogP contribution >= 0.6 is 0 Å². The van der Waals surface area contributed by atoms with E-state index in [0.29, 0.717) is 6.61 Å². The van der Waals surface area contributed by atoms with E-state index in [1.165, 1.54) is 0 Å². The van der Waals surface area contributed by atoms with Gasteiger partial charge in [-0.25, -0.2) is 9.69 Å². The normalized spacial score (nSPS) is 20.0. The number of carbonyl (C=O) groups is 2. The second kappa shape index (κ2) is 7.27. The van der Waals surface area contributed by atoms with Crippen LogP contribution in [0.5, 0.6) is 0 Å². The SMILES string of the molecule is C[C@@H]1OC(=O)N(C(=O)COCc2ccccc2)[C@@H]1c1ccccc1. The third-order valence-corrected chi connectivity index (χ3v) is 3.95. The second-order valence-electron chi connectivity index (χ2n) is 5.69. The third kappa shape index (κ3) is 3.46. The first kappa shape index (κ1) is 16.2. The lowest BCUT2D eigenvalue weighted by molar-refractivity contribution is -0.134. The van der Waals surface area contributed by atoms with Crippen molar-refractivity contribution in [2.45, 2.75) is 25.7 Å². The first-order chi connectivity index (χ1) is 11.7. The molecule has 0 spiro atoms. The van der Waals surface area contributed by atoms with Gasteiger partial charge in [0.2, 0.25) is 0 Å². The summed E-state index contributed by atoms with van der Waals surface area (Å²) >= 11 is 0. The van der Waals surface area contributed by atoms with E-state index in [-0.39, 0.29) is 6.61 Å². The Morgan fingerprint density at radius 3 is 2.38 bits per heavy atom. The summed E-state index contributed by atoms with van der Waals surface area (Å²) in [6.07, 6.45) is -1.01. The Morgan fingerprint density at radius 2 is 1.71 bits per heavy atom. The van der Waals surface area contributed by atoms with Crippen molar-refractivity contribution in [3.8, 4) is 0 Å². The fourth-order valence-electron chi connectivity index (χ4n) is 2.83. The zero-order valence-electron chi connectivity index (χ0n) is 13.4. The maximum atomic E-state index is 12.5. The summed E-state index contributed by atoms with van der Waals surface area (Å²) in [6, 6.07) is 18.6. The number of amides is 2. The lowest BCUT2D eigenvalue weighted by atomic mass is 10.0. The van der Waals surface area contributed by atoms with Crippen LogP contribution in [0.4, 0.5) is 4.79 Å². The minimum absolute atomic E-state index is 0.167. The average molecular weight is 325 g/mol. The summed E-state index contributed by atoms with van der Waals surface area (Å²) in [6.45, 7) is 1.94. The molecular formula is C19H19NO4. The summed E-state index contributed by atoms with van der Waals surface area (Å²) in [5.74, 6) is -0.394. The van der Waals surface area contributed by atoms with E-state index in [4.69, 9.17) is 9.47 Å². The Kier molecular flexibility index (Phi) is 4.91. The van der Waals surface area contributed by atoms with Crippen molar-refractivity contribution in [2.75, 3.05) is 6.61 Å². The molecular weight excluding hydrogens is 306 g/mol. The van der Waals surface area contributed by atoms with Crippen LogP contribution < -0.4 is 0 Å². The van der Waals surface area contributed by atoms with Crippen LogP contribution in [0.25, 0.3) is 0 Å². The van der Waals surface area contributed by atoms with Gasteiger partial charge in [0, 0.05) is 0 Å². The lowest BCUT2D eigenvalue weighted by Gasteiger charge is -2.22. The average Bonchev–Trinajstić information content (AvgIpc) is 2.90. The highest BCUT2D eigenvalue weighted by Gasteiger charge is 2.43. The van der Waals surface area contributed by atoms with E-state index in [1.807, 2.05) is 60.7 Å². The molecule has 5 heteroatoms. The summed E-state index contributed by atoms with van der Waals surface area (Å²) < 4.78 is 10.7. The highest BCUT2D eigenvalue weighted by Crippen LogP contribution is 2.33. The van der Waals surface area contributed by atoms with Gasteiger partial charge in [-0.15, -0.1) is 0 Å². The first-order valence-electron chi connectivity index (χ1n) is 7.86. The van der Waals surface area contributed by atoms with Gasteiger partial charge >= 0.3 is 6.09 Å². The number of ether oxygens (including phenoxy) is 2. The van der Waals surface area contributed by atoms with Gasteiger partial charge in [-0.3, -0.25) is 4.79 Å². The molecule has 0 N–H and O–H groups in total. The smallest absolute Gasteiger partial charge is 0.417 e. The number of rotatable bonds is 5. The molecule has 1 aliphatic rings. The van der Waals surface area contributed by atoms with Crippen molar-refractivity contribution < 1.29 is 19.1 Å². The van der Waals surface area contributed by atoms with Gasteiger partial charge in [0.15, 0.2) is 0 Å². The van der Waals surface area contributed by atoms with Gasteiger partial charge in [0.1, 0.15) is 18.8 Å². The number of nitrogens with zero attached hydrogens (tertiary/aromatic N) is 1. The standard InChI is InChI=1S/C19H19NO4/c1-14-18(16-10-6-3-7-11-16)20(19(22)24-14)17(21)13-23-12-15-8-4-2-5-9-15/h2-11,14,18H,12-13H2,1H3/t14-,18-/m0/s1. The second-order valence-corrected chi connectivity index (χ2v) is 5.69. The number of benzene rings is 2. The number of hydrogen-bond acceptors (Lipinski definition) is 4. The molecule has 1 heterocycles. The van der Waals surface area contributed by atoms with E-state index in [0.717, 1.165) is 16.0 Å². The zero-order valence-corrected chi connectivity index (χ0v) is 13.4. The van der Waals surface area contributed by atoms with Crippen molar-refractivity contribution in [1.29, 1.82) is 0 Å². The van der Waals surface area contributed by atoms with E-state index in [9.17, 15) is 9.59 Å². The molecule has 0 bridgehead atoms. The van der Waals surface area contributed by atoms with Crippen LogP contribution in [0, 0.1) is 0 Å². The Morgan fingerprint density at radius 1 is 1.08 bits per heavy atom. The molecule has 2 aromatic carbocycles. The van der Waals surface area contributed by atoms with E-state index < -0.39 is 24.1 Å². The van der Waals surface area contributed by atoms with Crippen LogP contribution in [0.3, 0.4) is 0 Å². The molecule has 2 aromatic rings. The maximum Gasteiger partial charge on any atom is 0.417 e. The van der Waals surface area contributed by atoms with Crippen molar-refractivity contribution in [3.05, 3.63) is 71.8 Å². The summed E-state index contributed by atoms with van der Waals surface area (Å²) in [5.41, 5.74) is 1.84. The summed E-state index contributed by atoms with van der Waals surface area (Å²) in [5, 5.41) is 0. The zero-order chi connectivity index (χ0) is 16.9. The summed E-state index contributed by atoms with van der Waals surface area (Å²) in [7, 11) is 0. The molecule has 2 atom stereocenters. The number of hydrogen-bond donors (Lipinski definition) is 0. The number of imide groups is 1. The van der Waals surface area contributed by atoms with Crippen LogP contribution in [-0.4, -0.2) is 29.6 Å². The Balaban J connectivity index is 1.66. The molecule has 5 nitrogen and oxygen atoms in total. The number of carbonyl (C=O) groups excluding carboxylic acids is 2. The van der Waals surface area contributed by atoms with E-state index in [1.54, 1.807) is 6.92 Å².